The number of fused-ring (bicyclic) bond motifs is 1. The lowest BCUT2D eigenvalue weighted by molar-refractivity contribution is -0.117. The number of para-hydroxylation sites is 3. The first kappa shape index (κ1) is 24.6. The second kappa shape index (κ2) is 10.5. The zero-order chi connectivity index (χ0) is 25.2. The summed E-state index contributed by atoms with van der Waals surface area (Å²) in [5.74, 6) is 2.55. The topological polar surface area (TPSA) is 47.4 Å². The number of carbonyl (C=O) groups is 1. The Morgan fingerprint density at radius 3 is 2.67 bits per heavy atom. The third-order valence-electron chi connectivity index (χ3n) is 6.89. The molecule has 0 bridgehead atoms. The van der Waals surface area contributed by atoms with E-state index in [9.17, 15) is 4.79 Å². The van der Waals surface area contributed by atoms with Crippen LogP contribution in [-0.4, -0.2) is 28.6 Å². The Kier molecular flexibility index (Phi) is 7.15. The second-order valence-electron chi connectivity index (χ2n) is 9.87. The van der Waals surface area contributed by atoms with Crippen LogP contribution in [0.3, 0.4) is 0 Å². The van der Waals surface area contributed by atoms with Crippen LogP contribution in [0.2, 0.25) is 0 Å². The highest BCUT2D eigenvalue weighted by atomic mass is 79.9. The third-order valence-corrected chi connectivity index (χ3v) is 7.56. The molecule has 0 spiro atoms. The molecule has 36 heavy (non-hydrogen) atoms. The van der Waals surface area contributed by atoms with E-state index >= 15 is 0 Å². The van der Waals surface area contributed by atoms with Crippen LogP contribution < -0.4 is 9.64 Å². The van der Waals surface area contributed by atoms with E-state index in [1.807, 2.05) is 35.2 Å². The Hall–Kier alpha value is -3.12. The first-order valence-corrected chi connectivity index (χ1v) is 13.4. The van der Waals surface area contributed by atoms with Crippen molar-refractivity contribution in [2.24, 2.45) is 0 Å². The lowest BCUT2D eigenvalue weighted by Crippen LogP contribution is -2.25. The molecule has 1 saturated heterocycles. The molecule has 2 heterocycles. The number of rotatable bonds is 8. The van der Waals surface area contributed by atoms with Crippen molar-refractivity contribution in [1.82, 2.24) is 9.55 Å². The van der Waals surface area contributed by atoms with Crippen molar-refractivity contribution in [1.29, 1.82) is 0 Å². The lowest BCUT2D eigenvalue weighted by atomic mass is 10.0. The number of halogens is 1. The molecule has 1 amide bonds. The van der Waals surface area contributed by atoms with E-state index in [1.165, 1.54) is 11.1 Å². The molecule has 3 aromatic carbocycles. The van der Waals surface area contributed by atoms with E-state index in [2.05, 4.69) is 77.7 Å². The maximum Gasteiger partial charge on any atom is 0.227 e. The van der Waals surface area contributed by atoms with E-state index < -0.39 is 0 Å². The van der Waals surface area contributed by atoms with Crippen LogP contribution in [0.5, 0.6) is 5.75 Å². The van der Waals surface area contributed by atoms with Crippen LogP contribution in [0.1, 0.15) is 55.5 Å². The zero-order valence-corrected chi connectivity index (χ0v) is 22.7. The summed E-state index contributed by atoms with van der Waals surface area (Å²) < 4.78 is 9.48. The standard InChI is InChI=1S/C30H32BrN3O2/c1-20(2)23-14-13-21(3)17-28(23)36-16-8-15-33-27-12-7-5-10-25(27)32-30(33)22-18-29(35)34(19-22)26-11-6-4-9-24(26)31/h4-7,9-14,17,20,22H,8,15-16,18-19H2,1-3H3. The summed E-state index contributed by atoms with van der Waals surface area (Å²) in [5.41, 5.74) is 5.45. The molecule has 1 aliphatic rings. The number of hydrogen-bond acceptors (Lipinski definition) is 3. The van der Waals surface area contributed by atoms with Crippen LogP contribution in [0.4, 0.5) is 5.69 Å². The van der Waals surface area contributed by atoms with Gasteiger partial charge in [0.2, 0.25) is 5.91 Å². The Morgan fingerprint density at radius 1 is 1.08 bits per heavy atom. The SMILES string of the molecule is Cc1ccc(C(C)C)c(OCCCn2c(C3CC(=O)N(c4ccccc4Br)C3)nc3ccccc32)c1. The van der Waals surface area contributed by atoms with Crippen LogP contribution in [0, 0.1) is 6.92 Å². The molecule has 1 aromatic heterocycles. The van der Waals surface area contributed by atoms with Gasteiger partial charge >= 0.3 is 0 Å². The van der Waals surface area contributed by atoms with Gasteiger partial charge in [0, 0.05) is 29.9 Å². The average Bonchev–Trinajstić information content (AvgIpc) is 3.42. The van der Waals surface area contributed by atoms with Crippen molar-refractivity contribution in [3.63, 3.8) is 0 Å². The minimum absolute atomic E-state index is 0.0437. The number of aromatic nitrogens is 2. The molecule has 0 aliphatic carbocycles. The molecule has 1 fully saturated rings. The molecule has 0 saturated carbocycles. The fraction of sp³-hybridized carbons (Fsp3) is 0.333. The van der Waals surface area contributed by atoms with Crippen LogP contribution in [0.25, 0.3) is 11.0 Å². The van der Waals surface area contributed by atoms with E-state index in [1.54, 1.807) is 0 Å². The van der Waals surface area contributed by atoms with E-state index in [0.717, 1.165) is 45.7 Å². The summed E-state index contributed by atoms with van der Waals surface area (Å²) in [6.45, 7) is 8.53. The minimum Gasteiger partial charge on any atom is -0.493 e. The van der Waals surface area contributed by atoms with Crippen molar-refractivity contribution in [3.05, 3.63) is 88.2 Å². The molecule has 5 rings (SSSR count). The summed E-state index contributed by atoms with van der Waals surface area (Å²) in [6.07, 6.45) is 1.32. The molecule has 6 heteroatoms. The highest BCUT2D eigenvalue weighted by molar-refractivity contribution is 9.10. The quantitative estimate of drug-likeness (QED) is 0.219. The van der Waals surface area contributed by atoms with Gasteiger partial charge < -0.3 is 14.2 Å². The van der Waals surface area contributed by atoms with Crippen LogP contribution in [-0.2, 0) is 11.3 Å². The summed E-state index contributed by atoms with van der Waals surface area (Å²) >= 11 is 3.60. The predicted molar refractivity (Wildman–Crippen MR) is 149 cm³/mol. The van der Waals surface area contributed by atoms with Crippen molar-refractivity contribution < 1.29 is 9.53 Å². The molecule has 0 radical (unpaired) electrons. The summed E-state index contributed by atoms with van der Waals surface area (Å²) in [6, 6.07) is 22.6. The van der Waals surface area contributed by atoms with Crippen molar-refractivity contribution >= 4 is 38.6 Å². The Balaban J connectivity index is 1.35. The Bertz CT molecular complexity index is 1390. The van der Waals surface area contributed by atoms with Gasteiger partial charge in [-0.3, -0.25) is 4.79 Å². The Labute approximate surface area is 221 Å². The number of amides is 1. The smallest absolute Gasteiger partial charge is 0.227 e. The highest BCUT2D eigenvalue weighted by Gasteiger charge is 2.35. The molecule has 4 aromatic rings. The van der Waals surface area contributed by atoms with Gasteiger partial charge in [0.25, 0.3) is 0 Å². The second-order valence-corrected chi connectivity index (χ2v) is 10.7. The molecule has 0 N–H and O–H groups in total. The fourth-order valence-electron chi connectivity index (χ4n) is 5.07. The number of aryl methyl sites for hydroxylation is 2. The fourth-order valence-corrected chi connectivity index (χ4v) is 5.57. The zero-order valence-electron chi connectivity index (χ0n) is 21.1. The molecular weight excluding hydrogens is 514 g/mol. The molecule has 5 nitrogen and oxygen atoms in total. The highest BCUT2D eigenvalue weighted by Crippen LogP contribution is 2.36. The molecule has 186 valence electrons. The number of nitrogens with zero attached hydrogens (tertiary/aromatic N) is 3. The number of carbonyl (C=O) groups excluding carboxylic acids is 1. The number of imidazole rings is 1. The minimum atomic E-state index is 0.0437. The third kappa shape index (κ3) is 4.92. The van der Waals surface area contributed by atoms with Gasteiger partial charge in [-0.25, -0.2) is 4.98 Å². The number of benzene rings is 3. The molecule has 1 atom stereocenters. The largest absolute Gasteiger partial charge is 0.493 e. The van der Waals surface area contributed by atoms with E-state index in [4.69, 9.17) is 9.72 Å². The van der Waals surface area contributed by atoms with Gasteiger partial charge in [-0.1, -0.05) is 50.2 Å². The van der Waals surface area contributed by atoms with Gasteiger partial charge in [-0.05, 0) is 76.7 Å². The predicted octanol–water partition coefficient (Wildman–Crippen LogP) is 7.22. The van der Waals surface area contributed by atoms with E-state index in [-0.39, 0.29) is 11.8 Å². The van der Waals surface area contributed by atoms with Gasteiger partial charge in [0.1, 0.15) is 11.6 Å². The first-order valence-electron chi connectivity index (χ1n) is 12.7. The maximum atomic E-state index is 13.0. The molecular formula is C30H32BrN3O2. The van der Waals surface area contributed by atoms with Crippen LogP contribution in [0.15, 0.2) is 71.2 Å². The van der Waals surface area contributed by atoms with Gasteiger partial charge in [0.15, 0.2) is 0 Å². The Morgan fingerprint density at radius 2 is 1.86 bits per heavy atom. The summed E-state index contributed by atoms with van der Waals surface area (Å²) in [4.78, 5) is 19.9. The van der Waals surface area contributed by atoms with Crippen LogP contribution >= 0.6 is 15.9 Å². The monoisotopic (exact) mass is 545 g/mol. The van der Waals surface area contributed by atoms with Crippen molar-refractivity contribution in [2.75, 3.05) is 18.1 Å². The van der Waals surface area contributed by atoms with Gasteiger partial charge in [-0.15, -0.1) is 0 Å². The van der Waals surface area contributed by atoms with Crippen molar-refractivity contribution in [2.45, 2.75) is 52.0 Å². The maximum absolute atomic E-state index is 13.0. The number of ether oxygens (including phenoxy) is 1. The average molecular weight is 547 g/mol. The number of anilines is 1. The number of hydrogen-bond donors (Lipinski definition) is 0. The van der Waals surface area contributed by atoms with Crippen molar-refractivity contribution in [3.8, 4) is 5.75 Å². The molecule has 1 aliphatic heterocycles. The van der Waals surface area contributed by atoms with Gasteiger partial charge in [-0.2, -0.15) is 0 Å². The van der Waals surface area contributed by atoms with E-state index in [0.29, 0.717) is 25.5 Å². The molecule has 1 unspecified atom stereocenters. The first-order chi connectivity index (χ1) is 17.4. The lowest BCUT2D eigenvalue weighted by Gasteiger charge is -2.19. The van der Waals surface area contributed by atoms with Gasteiger partial charge in [0.05, 0.1) is 23.3 Å². The summed E-state index contributed by atoms with van der Waals surface area (Å²) in [5, 5.41) is 0. The summed E-state index contributed by atoms with van der Waals surface area (Å²) in [7, 11) is 0. The normalized spacial score (nSPS) is 15.9.